The number of hydrogen-bond donors (Lipinski definition) is 1. The van der Waals surface area contributed by atoms with Crippen LogP contribution in [0.15, 0.2) is 59.5 Å². The van der Waals surface area contributed by atoms with Crippen LogP contribution < -0.4 is 5.32 Å². The Balaban J connectivity index is 1.97. The van der Waals surface area contributed by atoms with Crippen LogP contribution in [0, 0.1) is 0 Å². The first-order valence-corrected chi connectivity index (χ1v) is 8.19. The molecule has 2 aromatic carbocycles. The summed E-state index contributed by atoms with van der Waals surface area (Å²) >= 11 is 1.92. The number of rotatable bonds is 7. The number of benzene rings is 2. The van der Waals surface area contributed by atoms with Crippen molar-refractivity contribution in [3.63, 3.8) is 0 Å². The summed E-state index contributed by atoms with van der Waals surface area (Å²) in [4.78, 5) is 1.34. The van der Waals surface area contributed by atoms with Crippen molar-refractivity contribution in [2.75, 3.05) is 6.54 Å². The lowest BCUT2D eigenvalue weighted by Crippen LogP contribution is -2.13. The van der Waals surface area contributed by atoms with Gasteiger partial charge in [-0.3, -0.25) is 0 Å². The molecule has 0 amide bonds. The molecule has 20 heavy (non-hydrogen) atoms. The van der Waals surface area contributed by atoms with Gasteiger partial charge in [-0.2, -0.15) is 0 Å². The van der Waals surface area contributed by atoms with E-state index >= 15 is 0 Å². The molecular weight excluding hydrogens is 262 g/mol. The second-order valence-corrected chi connectivity index (χ2v) is 6.41. The lowest BCUT2D eigenvalue weighted by molar-refractivity contribution is 0.674. The van der Waals surface area contributed by atoms with Crippen molar-refractivity contribution in [1.82, 2.24) is 5.32 Å². The molecule has 0 saturated heterocycles. The average molecular weight is 285 g/mol. The van der Waals surface area contributed by atoms with Crippen LogP contribution in [-0.2, 0) is 6.54 Å². The Morgan fingerprint density at radius 1 is 1.05 bits per heavy atom. The van der Waals surface area contributed by atoms with E-state index in [1.165, 1.54) is 22.4 Å². The smallest absolute Gasteiger partial charge is 0.0316 e. The maximum atomic E-state index is 3.45. The molecule has 0 fully saturated rings. The topological polar surface area (TPSA) is 12.0 Å². The monoisotopic (exact) mass is 285 g/mol. The predicted octanol–water partition coefficient (Wildman–Crippen LogP) is 5.04. The van der Waals surface area contributed by atoms with E-state index in [-0.39, 0.29) is 0 Å². The van der Waals surface area contributed by atoms with Crippen molar-refractivity contribution in [3.8, 4) is 0 Å². The van der Waals surface area contributed by atoms with Crippen LogP contribution in [0.1, 0.15) is 36.6 Å². The van der Waals surface area contributed by atoms with Gasteiger partial charge in [0.1, 0.15) is 0 Å². The van der Waals surface area contributed by atoms with Crippen molar-refractivity contribution in [1.29, 1.82) is 0 Å². The largest absolute Gasteiger partial charge is 0.313 e. The lowest BCUT2D eigenvalue weighted by atomic mass is 10.2. The van der Waals surface area contributed by atoms with Crippen molar-refractivity contribution >= 4 is 11.8 Å². The van der Waals surface area contributed by atoms with Crippen molar-refractivity contribution in [3.05, 3.63) is 65.7 Å². The molecule has 0 aromatic heterocycles. The van der Waals surface area contributed by atoms with Crippen LogP contribution in [0.25, 0.3) is 0 Å². The van der Waals surface area contributed by atoms with Gasteiger partial charge in [-0.1, -0.05) is 49.4 Å². The summed E-state index contributed by atoms with van der Waals surface area (Å²) in [6.07, 6.45) is 1.18. The molecule has 0 aliphatic carbocycles. The van der Waals surface area contributed by atoms with Crippen LogP contribution >= 0.6 is 11.8 Å². The van der Waals surface area contributed by atoms with Gasteiger partial charge < -0.3 is 5.32 Å². The highest BCUT2D eigenvalue weighted by molar-refractivity contribution is 7.99. The molecule has 1 unspecified atom stereocenters. The van der Waals surface area contributed by atoms with Gasteiger partial charge in [0, 0.05) is 16.7 Å². The van der Waals surface area contributed by atoms with E-state index in [4.69, 9.17) is 0 Å². The van der Waals surface area contributed by atoms with Gasteiger partial charge in [-0.05, 0) is 43.1 Å². The Hall–Kier alpha value is -1.25. The lowest BCUT2D eigenvalue weighted by Gasteiger charge is -2.12. The third-order valence-corrected chi connectivity index (χ3v) is 4.39. The second-order valence-electron chi connectivity index (χ2n) is 4.99. The van der Waals surface area contributed by atoms with Crippen LogP contribution in [0.3, 0.4) is 0 Å². The van der Waals surface area contributed by atoms with Crippen LogP contribution in [0.4, 0.5) is 0 Å². The summed E-state index contributed by atoms with van der Waals surface area (Å²) < 4.78 is 0. The molecule has 106 valence electrons. The fraction of sp³-hybridized carbons (Fsp3) is 0.333. The molecule has 2 rings (SSSR count). The molecule has 0 heterocycles. The first-order chi connectivity index (χ1) is 9.79. The number of thioether (sulfide) groups is 1. The number of nitrogens with one attached hydrogen (secondary N) is 1. The molecule has 0 radical (unpaired) electrons. The van der Waals surface area contributed by atoms with Gasteiger partial charge in [0.15, 0.2) is 0 Å². The van der Waals surface area contributed by atoms with Crippen molar-refractivity contribution < 1.29 is 0 Å². The molecule has 1 N–H and O–H groups in total. The normalized spacial score (nSPS) is 12.3. The molecule has 0 saturated carbocycles. The summed E-state index contributed by atoms with van der Waals surface area (Å²) in [6, 6.07) is 19.5. The molecule has 2 aromatic rings. The molecule has 0 spiro atoms. The van der Waals surface area contributed by atoms with Gasteiger partial charge >= 0.3 is 0 Å². The molecule has 0 aliphatic heterocycles. The molecule has 1 atom stereocenters. The van der Waals surface area contributed by atoms with Gasteiger partial charge in [0.05, 0.1) is 0 Å². The van der Waals surface area contributed by atoms with E-state index in [1.54, 1.807) is 0 Å². The zero-order chi connectivity index (χ0) is 14.2. The standard InChI is InChI=1S/C18H23NS/c1-3-12-19-14-16-8-7-11-18(13-16)20-15(2)17-9-5-4-6-10-17/h4-11,13,15,19H,3,12,14H2,1-2H3. The highest BCUT2D eigenvalue weighted by Gasteiger charge is 2.07. The molecule has 1 nitrogen and oxygen atoms in total. The molecule has 2 heteroatoms. The SMILES string of the molecule is CCCNCc1cccc(SC(C)c2ccccc2)c1. The number of hydrogen-bond acceptors (Lipinski definition) is 2. The Bertz CT molecular complexity index is 510. The minimum Gasteiger partial charge on any atom is -0.313 e. The van der Waals surface area contributed by atoms with E-state index in [0.29, 0.717) is 5.25 Å². The summed E-state index contributed by atoms with van der Waals surface area (Å²) in [5, 5.41) is 3.94. The fourth-order valence-corrected chi connectivity index (χ4v) is 3.21. The van der Waals surface area contributed by atoms with Crippen molar-refractivity contribution in [2.45, 2.75) is 37.0 Å². The first kappa shape index (κ1) is 15.1. The minimum absolute atomic E-state index is 0.482. The van der Waals surface area contributed by atoms with Gasteiger partial charge in [-0.15, -0.1) is 11.8 Å². The predicted molar refractivity (Wildman–Crippen MR) is 89.2 cm³/mol. The van der Waals surface area contributed by atoms with E-state index in [2.05, 4.69) is 73.8 Å². The fourth-order valence-electron chi connectivity index (χ4n) is 2.13. The maximum absolute atomic E-state index is 3.45. The average Bonchev–Trinajstić information content (AvgIpc) is 2.49. The Morgan fingerprint density at radius 2 is 1.85 bits per heavy atom. The van der Waals surface area contributed by atoms with E-state index in [1.807, 2.05) is 11.8 Å². The quantitative estimate of drug-likeness (QED) is 0.565. The van der Waals surface area contributed by atoms with E-state index in [0.717, 1.165) is 13.1 Å². The zero-order valence-corrected chi connectivity index (χ0v) is 13.1. The first-order valence-electron chi connectivity index (χ1n) is 7.31. The molecule has 0 bridgehead atoms. The van der Waals surface area contributed by atoms with Crippen molar-refractivity contribution in [2.24, 2.45) is 0 Å². The van der Waals surface area contributed by atoms with Gasteiger partial charge in [-0.25, -0.2) is 0 Å². The van der Waals surface area contributed by atoms with E-state index < -0.39 is 0 Å². The maximum Gasteiger partial charge on any atom is 0.0316 e. The minimum atomic E-state index is 0.482. The third kappa shape index (κ3) is 4.69. The zero-order valence-electron chi connectivity index (χ0n) is 12.3. The van der Waals surface area contributed by atoms with Crippen LogP contribution in [0.5, 0.6) is 0 Å². The molecular formula is C18H23NS. The summed E-state index contributed by atoms with van der Waals surface area (Å²) in [5.74, 6) is 0. The van der Waals surface area contributed by atoms with Crippen LogP contribution in [-0.4, -0.2) is 6.54 Å². The Labute approximate surface area is 126 Å². The Morgan fingerprint density at radius 3 is 2.60 bits per heavy atom. The summed E-state index contributed by atoms with van der Waals surface area (Å²) in [7, 11) is 0. The van der Waals surface area contributed by atoms with Gasteiger partial charge in [0.25, 0.3) is 0 Å². The summed E-state index contributed by atoms with van der Waals surface area (Å²) in [6.45, 7) is 6.50. The Kier molecular flexibility index (Phi) is 6.16. The summed E-state index contributed by atoms with van der Waals surface area (Å²) in [5.41, 5.74) is 2.75. The van der Waals surface area contributed by atoms with Gasteiger partial charge in [0.2, 0.25) is 0 Å². The molecule has 0 aliphatic rings. The third-order valence-electron chi connectivity index (χ3n) is 3.24. The van der Waals surface area contributed by atoms with Crippen LogP contribution in [0.2, 0.25) is 0 Å². The van der Waals surface area contributed by atoms with E-state index in [9.17, 15) is 0 Å². The highest BCUT2D eigenvalue weighted by atomic mass is 32.2. The highest BCUT2D eigenvalue weighted by Crippen LogP contribution is 2.34. The second kappa shape index (κ2) is 8.13.